The molecule has 1 atom stereocenters. The first kappa shape index (κ1) is 21.8. The van der Waals surface area contributed by atoms with Crippen molar-refractivity contribution in [2.45, 2.75) is 25.8 Å². The molecule has 0 heterocycles. The van der Waals surface area contributed by atoms with E-state index >= 15 is 0 Å². The topological polar surface area (TPSA) is 73.6 Å². The Balaban J connectivity index is 0.00000338. The molecule has 0 spiro atoms. The maximum absolute atomic E-state index is 11.9. The van der Waals surface area contributed by atoms with Crippen molar-refractivity contribution in [3.63, 3.8) is 0 Å². The van der Waals surface area contributed by atoms with Gasteiger partial charge in [-0.05, 0) is 31.0 Å². The second-order valence-electron chi connectivity index (χ2n) is 5.65. The van der Waals surface area contributed by atoms with Gasteiger partial charge < -0.3 is 20.5 Å². The Morgan fingerprint density at radius 3 is 2.31 bits per heavy atom. The van der Waals surface area contributed by atoms with Crippen LogP contribution in [0.1, 0.15) is 31.4 Å². The zero-order chi connectivity index (χ0) is 17.9. The number of para-hydroxylation sites is 2. The average molecular weight is 379 g/mol. The fraction of sp³-hybridized carbons (Fsp3) is 0.350. The molecule has 2 aromatic carbocycles. The van der Waals surface area contributed by atoms with Crippen LogP contribution < -0.4 is 20.5 Å². The number of nitrogens with two attached hydrogens (primary N) is 1. The molecule has 1 amide bonds. The molecule has 0 aliphatic rings. The van der Waals surface area contributed by atoms with E-state index in [2.05, 4.69) is 5.32 Å². The van der Waals surface area contributed by atoms with Crippen LogP contribution in [0.15, 0.2) is 54.6 Å². The van der Waals surface area contributed by atoms with Gasteiger partial charge in [0.2, 0.25) is 5.91 Å². The molecule has 2 rings (SSSR count). The monoisotopic (exact) mass is 378 g/mol. The lowest BCUT2D eigenvalue weighted by molar-refractivity contribution is -0.121. The third-order valence-corrected chi connectivity index (χ3v) is 3.70. The summed E-state index contributed by atoms with van der Waals surface area (Å²) in [6, 6.07) is 17.1. The predicted octanol–water partition coefficient (Wildman–Crippen LogP) is 3.48. The number of hydrogen-bond donors (Lipinski definition) is 2. The number of nitrogens with one attached hydrogen (secondary N) is 1. The minimum absolute atomic E-state index is 0. The maximum atomic E-state index is 11.9. The molecule has 6 heteroatoms. The lowest BCUT2D eigenvalue weighted by Crippen LogP contribution is -2.31. The Morgan fingerprint density at radius 1 is 1.04 bits per heavy atom. The van der Waals surface area contributed by atoms with Crippen molar-refractivity contribution >= 4 is 18.3 Å². The summed E-state index contributed by atoms with van der Waals surface area (Å²) < 4.78 is 11.2. The largest absolute Gasteiger partial charge is 0.490 e. The van der Waals surface area contributed by atoms with Crippen LogP contribution in [0.3, 0.4) is 0 Å². The van der Waals surface area contributed by atoms with Crippen LogP contribution in [0.4, 0.5) is 0 Å². The predicted molar refractivity (Wildman–Crippen MR) is 106 cm³/mol. The van der Waals surface area contributed by atoms with Gasteiger partial charge in [0.05, 0.1) is 13.2 Å². The summed E-state index contributed by atoms with van der Waals surface area (Å²) in [4.78, 5) is 11.9. The van der Waals surface area contributed by atoms with Crippen molar-refractivity contribution in [3.8, 4) is 11.5 Å². The fourth-order valence-electron chi connectivity index (χ4n) is 2.39. The Bertz CT molecular complexity index is 653. The lowest BCUT2D eigenvalue weighted by atomic mass is 10.1. The number of carbonyl (C=O) groups excluding carboxylic acids is 1. The van der Waals surface area contributed by atoms with E-state index in [0.29, 0.717) is 38.3 Å². The SMILES string of the molecule is CCOc1ccccc1OCCCC(=O)NCC(N)c1ccccc1.Cl. The van der Waals surface area contributed by atoms with E-state index in [9.17, 15) is 4.79 Å². The Morgan fingerprint density at radius 2 is 1.65 bits per heavy atom. The zero-order valence-electron chi connectivity index (χ0n) is 15.0. The van der Waals surface area contributed by atoms with E-state index in [0.717, 1.165) is 11.3 Å². The Hall–Kier alpha value is -2.24. The van der Waals surface area contributed by atoms with Gasteiger partial charge in [-0.1, -0.05) is 42.5 Å². The van der Waals surface area contributed by atoms with Gasteiger partial charge in [-0.25, -0.2) is 0 Å². The van der Waals surface area contributed by atoms with Crippen LogP contribution in [0.25, 0.3) is 0 Å². The molecule has 3 N–H and O–H groups in total. The van der Waals surface area contributed by atoms with Crippen LogP contribution in [0.2, 0.25) is 0 Å². The molecule has 26 heavy (non-hydrogen) atoms. The number of hydrogen-bond acceptors (Lipinski definition) is 4. The van der Waals surface area contributed by atoms with E-state index in [-0.39, 0.29) is 24.4 Å². The van der Waals surface area contributed by atoms with Gasteiger partial charge in [-0.15, -0.1) is 12.4 Å². The molecule has 0 fully saturated rings. The smallest absolute Gasteiger partial charge is 0.220 e. The van der Waals surface area contributed by atoms with Crippen molar-refractivity contribution < 1.29 is 14.3 Å². The average Bonchev–Trinajstić information content (AvgIpc) is 2.65. The standard InChI is InChI=1S/C20H26N2O3.ClH/c1-2-24-18-11-6-7-12-19(18)25-14-8-13-20(23)22-15-17(21)16-9-4-3-5-10-16;/h3-7,9-12,17H,2,8,13-15,21H2,1H3,(H,22,23);1H. The van der Waals surface area contributed by atoms with Crippen molar-refractivity contribution in [1.82, 2.24) is 5.32 Å². The highest BCUT2D eigenvalue weighted by Gasteiger charge is 2.08. The summed E-state index contributed by atoms with van der Waals surface area (Å²) in [5, 5.41) is 2.87. The van der Waals surface area contributed by atoms with Gasteiger partial charge >= 0.3 is 0 Å². The third-order valence-electron chi connectivity index (χ3n) is 3.70. The molecule has 142 valence electrons. The van der Waals surface area contributed by atoms with Crippen LogP contribution >= 0.6 is 12.4 Å². The molecule has 0 aliphatic heterocycles. The van der Waals surface area contributed by atoms with Crippen LogP contribution in [0, 0.1) is 0 Å². The Kier molecular flexibility index (Phi) is 10.2. The lowest BCUT2D eigenvalue weighted by Gasteiger charge is -2.13. The number of ether oxygens (including phenoxy) is 2. The number of halogens is 1. The molecule has 0 bridgehead atoms. The fourth-order valence-corrected chi connectivity index (χ4v) is 2.39. The molecule has 0 saturated heterocycles. The minimum Gasteiger partial charge on any atom is -0.490 e. The normalized spacial score (nSPS) is 11.2. The van der Waals surface area contributed by atoms with Gasteiger partial charge in [0.1, 0.15) is 0 Å². The van der Waals surface area contributed by atoms with Gasteiger partial charge in [0, 0.05) is 19.0 Å². The zero-order valence-corrected chi connectivity index (χ0v) is 15.8. The second kappa shape index (κ2) is 12.2. The van der Waals surface area contributed by atoms with Gasteiger partial charge in [-0.2, -0.15) is 0 Å². The molecule has 2 aromatic rings. The van der Waals surface area contributed by atoms with E-state index in [1.54, 1.807) is 0 Å². The number of amides is 1. The second-order valence-corrected chi connectivity index (χ2v) is 5.65. The maximum Gasteiger partial charge on any atom is 0.220 e. The highest BCUT2D eigenvalue weighted by atomic mass is 35.5. The molecule has 0 saturated carbocycles. The first-order valence-electron chi connectivity index (χ1n) is 8.62. The van der Waals surface area contributed by atoms with E-state index in [4.69, 9.17) is 15.2 Å². The first-order chi connectivity index (χ1) is 12.2. The summed E-state index contributed by atoms with van der Waals surface area (Å²) in [7, 11) is 0. The molecule has 0 radical (unpaired) electrons. The van der Waals surface area contributed by atoms with Crippen LogP contribution in [-0.4, -0.2) is 25.7 Å². The first-order valence-corrected chi connectivity index (χ1v) is 8.62. The summed E-state index contributed by atoms with van der Waals surface area (Å²) in [5.74, 6) is 1.41. The van der Waals surface area contributed by atoms with E-state index in [1.807, 2.05) is 61.5 Å². The molecular formula is C20H27ClN2O3. The number of benzene rings is 2. The molecule has 5 nitrogen and oxygen atoms in total. The van der Waals surface area contributed by atoms with Crippen molar-refractivity contribution in [2.75, 3.05) is 19.8 Å². The van der Waals surface area contributed by atoms with Crippen molar-refractivity contribution in [3.05, 3.63) is 60.2 Å². The van der Waals surface area contributed by atoms with Gasteiger partial charge in [-0.3, -0.25) is 4.79 Å². The quantitative estimate of drug-likeness (QED) is 0.621. The summed E-state index contributed by atoms with van der Waals surface area (Å²) in [6.45, 7) is 3.41. The van der Waals surface area contributed by atoms with Gasteiger partial charge in [0.15, 0.2) is 11.5 Å². The highest BCUT2D eigenvalue weighted by Crippen LogP contribution is 2.26. The molecule has 0 aromatic heterocycles. The summed E-state index contributed by atoms with van der Waals surface area (Å²) in [5.41, 5.74) is 7.08. The van der Waals surface area contributed by atoms with E-state index < -0.39 is 0 Å². The molecular weight excluding hydrogens is 352 g/mol. The third kappa shape index (κ3) is 7.33. The van der Waals surface area contributed by atoms with Gasteiger partial charge in [0.25, 0.3) is 0 Å². The Labute approximate surface area is 161 Å². The molecule has 1 unspecified atom stereocenters. The minimum atomic E-state index is -0.195. The van der Waals surface area contributed by atoms with Crippen LogP contribution in [0.5, 0.6) is 11.5 Å². The summed E-state index contributed by atoms with van der Waals surface area (Å²) in [6.07, 6.45) is 1.03. The number of rotatable bonds is 10. The molecule has 0 aliphatic carbocycles. The van der Waals surface area contributed by atoms with Crippen molar-refractivity contribution in [2.24, 2.45) is 5.73 Å². The van der Waals surface area contributed by atoms with Crippen LogP contribution in [-0.2, 0) is 4.79 Å². The van der Waals surface area contributed by atoms with Crippen molar-refractivity contribution in [1.29, 1.82) is 0 Å². The summed E-state index contributed by atoms with van der Waals surface area (Å²) >= 11 is 0. The number of carbonyl (C=O) groups is 1. The van der Waals surface area contributed by atoms with E-state index in [1.165, 1.54) is 0 Å². The highest BCUT2D eigenvalue weighted by molar-refractivity contribution is 5.85.